The molecule has 3 fully saturated rings. The van der Waals surface area contributed by atoms with Crippen molar-refractivity contribution in [2.45, 2.75) is 31.3 Å². The number of amides is 1. The Balaban J connectivity index is 1.33. The molecule has 0 aliphatic carbocycles. The number of carbonyl (C=O) groups is 1. The Labute approximate surface area is 133 Å². The number of hydrogen-bond acceptors (Lipinski definition) is 5. The van der Waals surface area contributed by atoms with Crippen LogP contribution in [-0.2, 0) is 9.53 Å². The van der Waals surface area contributed by atoms with Crippen molar-refractivity contribution in [1.29, 1.82) is 0 Å². The Bertz CT molecular complexity index is 359. The van der Waals surface area contributed by atoms with Gasteiger partial charge in [0.2, 0.25) is 5.91 Å². The Morgan fingerprint density at radius 1 is 1.09 bits per heavy atom. The van der Waals surface area contributed by atoms with Crippen LogP contribution < -0.4 is 5.32 Å². The minimum Gasteiger partial charge on any atom is -0.370 e. The standard InChI is InChI=1S/C16H30N4O2/c1-18-6-3-15(4-7-18)19-8-10-20(11-9-19)16(21)13-22-12-14-2-5-17-14/h14-15,17H,2-13H2,1H3/t14-/m0/s1. The third-order valence-electron chi connectivity index (χ3n) is 5.34. The summed E-state index contributed by atoms with van der Waals surface area (Å²) in [7, 11) is 2.20. The first-order valence-electron chi connectivity index (χ1n) is 8.74. The fourth-order valence-electron chi connectivity index (χ4n) is 3.57. The molecule has 0 aromatic rings. The topological polar surface area (TPSA) is 48.0 Å². The summed E-state index contributed by atoms with van der Waals surface area (Å²) in [6.07, 6.45) is 3.70. The van der Waals surface area contributed by atoms with Gasteiger partial charge in [-0.25, -0.2) is 0 Å². The Hall–Kier alpha value is -0.690. The first-order valence-corrected chi connectivity index (χ1v) is 8.74. The van der Waals surface area contributed by atoms with Gasteiger partial charge in [-0.05, 0) is 45.9 Å². The van der Waals surface area contributed by atoms with Crippen molar-refractivity contribution in [3.63, 3.8) is 0 Å². The molecule has 6 heteroatoms. The van der Waals surface area contributed by atoms with Crippen molar-refractivity contribution in [2.75, 3.05) is 66.1 Å². The third kappa shape index (κ3) is 4.19. The lowest BCUT2D eigenvalue weighted by molar-refractivity contribution is -0.138. The molecule has 3 saturated heterocycles. The predicted octanol–water partition coefficient (Wildman–Crippen LogP) is -0.397. The van der Waals surface area contributed by atoms with E-state index in [4.69, 9.17) is 4.74 Å². The van der Waals surface area contributed by atoms with E-state index in [1.807, 2.05) is 4.90 Å². The molecule has 6 nitrogen and oxygen atoms in total. The van der Waals surface area contributed by atoms with Gasteiger partial charge in [0.05, 0.1) is 6.61 Å². The first kappa shape index (κ1) is 16.2. The second-order valence-corrected chi connectivity index (χ2v) is 6.91. The van der Waals surface area contributed by atoms with Crippen LogP contribution in [0.3, 0.4) is 0 Å². The minimum absolute atomic E-state index is 0.155. The van der Waals surface area contributed by atoms with E-state index in [9.17, 15) is 4.79 Å². The molecule has 0 aromatic carbocycles. The fourth-order valence-corrected chi connectivity index (χ4v) is 3.57. The Morgan fingerprint density at radius 3 is 2.36 bits per heavy atom. The van der Waals surface area contributed by atoms with Crippen LogP contribution in [0.4, 0.5) is 0 Å². The van der Waals surface area contributed by atoms with Gasteiger partial charge >= 0.3 is 0 Å². The van der Waals surface area contributed by atoms with E-state index in [2.05, 4.69) is 22.2 Å². The van der Waals surface area contributed by atoms with Gasteiger partial charge in [-0.2, -0.15) is 0 Å². The Morgan fingerprint density at radius 2 is 1.77 bits per heavy atom. The van der Waals surface area contributed by atoms with Crippen molar-refractivity contribution in [1.82, 2.24) is 20.0 Å². The molecule has 0 unspecified atom stereocenters. The highest BCUT2D eigenvalue weighted by atomic mass is 16.5. The number of carbonyl (C=O) groups excluding carboxylic acids is 1. The molecule has 0 aromatic heterocycles. The maximum atomic E-state index is 12.2. The lowest BCUT2D eigenvalue weighted by Gasteiger charge is -2.42. The molecule has 1 atom stereocenters. The summed E-state index contributed by atoms with van der Waals surface area (Å²) in [6, 6.07) is 1.18. The SMILES string of the molecule is CN1CCC(N2CCN(C(=O)COC[C@@H]3CCN3)CC2)CC1. The summed E-state index contributed by atoms with van der Waals surface area (Å²) in [6.45, 7) is 8.15. The number of likely N-dealkylation sites (tertiary alicyclic amines) is 1. The minimum atomic E-state index is 0.155. The zero-order valence-electron chi connectivity index (χ0n) is 13.8. The molecule has 0 radical (unpaired) electrons. The van der Waals surface area contributed by atoms with Crippen LogP contribution in [0.1, 0.15) is 19.3 Å². The van der Waals surface area contributed by atoms with Crippen LogP contribution in [0, 0.1) is 0 Å². The van der Waals surface area contributed by atoms with Gasteiger partial charge in [-0.3, -0.25) is 9.69 Å². The summed E-state index contributed by atoms with van der Waals surface area (Å²) >= 11 is 0. The van der Waals surface area contributed by atoms with E-state index in [0.29, 0.717) is 12.6 Å². The van der Waals surface area contributed by atoms with Crippen LogP contribution in [0.2, 0.25) is 0 Å². The average molecular weight is 310 g/mol. The van der Waals surface area contributed by atoms with Crippen molar-refractivity contribution in [2.24, 2.45) is 0 Å². The second kappa shape index (κ2) is 7.73. The average Bonchev–Trinajstić information content (AvgIpc) is 2.50. The molecule has 1 N–H and O–H groups in total. The van der Waals surface area contributed by atoms with Gasteiger partial charge in [0.25, 0.3) is 0 Å². The predicted molar refractivity (Wildman–Crippen MR) is 85.9 cm³/mol. The lowest BCUT2D eigenvalue weighted by Crippen LogP contribution is -2.54. The monoisotopic (exact) mass is 310 g/mol. The maximum absolute atomic E-state index is 12.2. The molecule has 0 bridgehead atoms. The smallest absolute Gasteiger partial charge is 0.248 e. The Kier molecular flexibility index (Phi) is 5.68. The molecule has 3 heterocycles. The van der Waals surface area contributed by atoms with Gasteiger partial charge in [0.1, 0.15) is 6.61 Å². The normalized spacial score (nSPS) is 28.6. The molecule has 3 rings (SSSR count). The van der Waals surface area contributed by atoms with Gasteiger partial charge in [-0.1, -0.05) is 0 Å². The van der Waals surface area contributed by atoms with E-state index in [1.165, 1.54) is 32.4 Å². The van der Waals surface area contributed by atoms with Crippen LogP contribution in [0.25, 0.3) is 0 Å². The van der Waals surface area contributed by atoms with Crippen molar-refractivity contribution < 1.29 is 9.53 Å². The zero-order valence-corrected chi connectivity index (χ0v) is 13.8. The van der Waals surface area contributed by atoms with E-state index >= 15 is 0 Å². The number of nitrogens with one attached hydrogen (secondary N) is 1. The van der Waals surface area contributed by atoms with Crippen LogP contribution in [0.5, 0.6) is 0 Å². The number of hydrogen-bond donors (Lipinski definition) is 1. The highest BCUT2D eigenvalue weighted by Crippen LogP contribution is 2.17. The highest BCUT2D eigenvalue weighted by molar-refractivity contribution is 5.77. The van der Waals surface area contributed by atoms with E-state index in [1.54, 1.807) is 0 Å². The third-order valence-corrected chi connectivity index (χ3v) is 5.34. The number of piperazine rings is 1. The summed E-state index contributed by atoms with van der Waals surface area (Å²) in [5, 5.41) is 3.28. The van der Waals surface area contributed by atoms with Gasteiger partial charge in [0.15, 0.2) is 0 Å². The van der Waals surface area contributed by atoms with Crippen LogP contribution >= 0.6 is 0 Å². The van der Waals surface area contributed by atoms with Gasteiger partial charge in [-0.15, -0.1) is 0 Å². The van der Waals surface area contributed by atoms with E-state index < -0.39 is 0 Å². The number of nitrogens with zero attached hydrogens (tertiary/aromatic N) is 3. The second-order valence-electron chi connectivity index (χ2n) is 6.91. The van der Waals surface area contributed by atoms with E-state index in [-0.39, 0.29) is 12.5 Å². The van der Waals surface area contributed by atoms with Crippen molar-refractivity contribution in [3.05, 3.63) is 0 Å². The molecule has 3 aliphatic rings. The molecule has 3 aliphatic heterocycles. The van der Waals surface area contributed by atoms with E-state index in [0.717, 1.165) is 38.8 Å². The number of rotatable bonds is 5. The summed E-state index contributed by atoms with van der Waals surface area (Å²) in [5.74, 6) is 0.155. The van der Waals surface area contributed by atoms with Crippen LogP contribution in [0.15, 0.2) is 0 Å². The molecule has 22 heavy (non-hydrogen) atoms. The maximum Gasteiger partial charge on any atom is 0.248 e. The van der Waals surface area contributed by atoms with Gasteiger partial charge in [0, 0.05) is 38.3 Å². The summed E-state index contributed by atoms with van der Waals surface area (Å²) in [4.78, 5) is 19.1. The molecule has 0 saturated carbocycles. The first-order chi connectivity index (χ1) is 10.7. The molecular weight excluding hydrogens is 280 g/mol. The molecule has 1 amide bonds. The zero-order chi connectivity index (χ0) is 15.4. The fraction of sp³-hybridized carbons (Fsp3) is 0.938. The number of piperidine rings is 1. The van der Waals surface area contributed by atoms with Crippen molar-refractivity contribution >= 4 is 5.91 Å². The molecule has 0 spiro atoms. The lowest BCUT2D eigenvalue weighted by atomic mass is 10.0. The summed E-state index contributed by atoms with van der Waals surface area (Å²) < 4.78 is 5.53. The molecular formula is C16H30N4O2. The number of ether oxygens (including phenoxy) is 1. The highest BCUT2D eigenvalue weighted by Gasteiger charge is 2.28. The summed E-state index contributed by atoms with van der Waals surface area (Å²) in [5.41, 5.74) is 0. The van der Waals surface area contributed by atoms with Crippen LogP contribution in [-0.4, -0.2) is 98.8 Å². The van der Waals surface area contributed by atoms with Crippen molar-refractivity contribution in [3.8, 4) is 0 Å². The van der Waals surface area contributed by atoms with Gasteiger partial charge < -0.3 is 19.9 Å². The largest absolute Gasteiger partial charge is 0.370 e. The quantitative estimate of drug-likeness (QED) is 0.749. The molecule has 126 valence electrons.